The Morgan fingerprint density at radius 2 is 1.83 bits per heavy atom. The Balaban J connectivity index is 1.71. The largest absolute Gasteiger partial charge is 0.375 e. The van der Waals surface area contributed by atoms with Crippen LogP contribution in [-0.4, -0.2) is 19.6 Å². The van der Waals surface area contributed by atoms with Crippen molar-refractivity contribution >= 4 is 16.7 Å². The molecule has 0 aliphatic rings. The number of fused-ring (bicyclic) bond motifs is 1. The first kappa shape index (κ1) is 16.1. The molecule has 3 aromatic rings. The summed E-state index contributed by atoms with van der Waals surface area (Å²) >= 11 is 0. The van der Waals surface area contributed by atoms with Gasteiger partial charge in [0.1, 0.15) is 5.82 Å². The van der Waals surface area contributed by atoms with Crippen LogP contribution in [0.2, 0.25) is 0 Å². The van der Waals surface area contributed by atoms with Crippen molar-refractivity contribution in [3.05, 3.63) is 83.7 Å². The van der Waals surface area contributed by atoms with Crippen molar-refractivity contribution in [2.75, 3.05) is 13.7 Å². The molecule has 0 fully saturated rings. The van der Waals surface area contributed by atoms with Gasteiger partial charge in [0.25, 0.3) is 5.91 Å². The average molecular weight is 323 g/mol. The van der Waals surface area contributed by atoms with Crippen LogP contribution in [0.1, 0.15) is 22.0 Å². The third-order valence-electron chi connectivity index (χ3n) is 3.96. The van der Waals surface area contributed by atoms with E-state index in [2.05, 4.69) is 5.32 Å². The van der Waals surface area contributed by atoms with E-state index in [4.69, 9.17) is 4.74 Å². The number of hydrogen-bond donors (Lipinski definition) is 1. The lowest BCUT2D eigenvalue weighted by atomic mass is 10.1. The Morgan fingerprint density at radius 1 is 1.04 bits per heavy atom. The lowest BCUT2D eigenvalue weighted by molar-refractivity contribution is 0.0827. The molecule has 0 spiro atoms. The highest BCUT2D eigenvalue weighted by Gasteiger charge is 2.14. The summed E-state index contributed by atoms with van der Waals surface area (Å²) in [7, 11) is 1.54. The second-order valence-corrected chi connectivity index (χ2v) is 5.55. The number of hydrogen-bond acceptors (Lipinski definition) is 2. The van der Waals surface area contributed by atoms with Crippen LogP contribution in [0.3, 0.4) is 0 Å². The minimum absolute atomic E-state index is 0.181. The summed E-state index contributed by atoms with van der Waals surface area (Å²) in [6, 6.07) is 19.6. The Bertz CT molecular complexity index is 863. The van der Waals surface area contributed by atoms with Crippen LogP contribution < -0.4 is 5.32 Å². The van der Waals surface area contributed by atoms with Crippen molar-refractivity contribution in [1.29, 1.82) is 0 Å². The minimum atomic E-state index is -0.398. The van der Waals surface area contributed by atoms with Gasteiger partial charge in [-0.05, 0) is 40.6 Å². The Morgan fingerprint density at radius 3 is 2.58 bits per heavy atom. The molecule has 0 saturated carbocycles. The van der Waals surface area contributed by atoms with E-state index in [1.165, 1.54) is 19.2 Å². The second kappa shape index (κ2) is 7.23. The van der Waals surface area contributed by atoms with Crippen LogP contribution in [0, 0.1) is 5.82 Å². The summed E-state index contributed by atoms with van der Waals surface area (Å²) in [6.45, 7) is 0.269. The fraction of sp³-hybridized carbons (Fsp3) is 0.150. The molecule has 0 bridgehead atoms. The number of halogens is 1. The van der Waals surface area contributed by atoms with Gasteiger partial charge in [0, 0.05) is 19.2 Å². The van der Waals surface area contributed by atoms with Crippen molar-refractivity contribution in [3.8, 4) is 0 Å². The van der Waals surface area contributed by atoms with Gasteiger partial charge in [-0.1, -0.05) is 42.5 Å². The van der Waals surface area contributed by atoms with Crippen LogP contribution in [-0.2, 0) is 4.74 Å². The topological polar surface area (TPSA) is 38.3 Å². The van der Waals surface area contributed by atoms with E-state index in [0.717, 1.165) is 10.8 Å². The summed E-state index contributed by atoms with van der Waals surface area (Å²) in [5.74, 6) is -0.505. The third-order valence-corrected chi connectivity index (χ3v) is 3.96. The fourth-order valence-corrected chi connectivity index (χ4v) is 2.66. The molecule has 3 nitrogen and oxygen atoms in total. The summed E-state index contributed by atoms with van der Waals surface area (Å²) in [5, 5.41) is 4.95. The molecule has 1 amide bonds. The number of amides is 1. The van der Waals surface area contributed by atoms with Gasteiger partial charge in [-0.15, -0.1) is 0 Å². The molecule has 0 saturated heterocycles. The van der Waals surface area contributed by atoms with Crippen molar-refractivity contribution in [2.45, 2.75) is 6.10 Å². The summed E-state index contributed by atoms with van der Waals surface area (Å²) in [6.07, 6.45) is -0.398. The highest BCUT2D eigenvalue weighted by Crippen LogP contribution is 2.18. The number of methoxy groups -OCH3 is 1. The molecule has 0 aliphatic heterocycles. The van der Waals surface area contributed by atoms with Gasteiger partial charge in [-0.25, -0.2) is 4.39 Å². The van der Waals surface area contributed by atoms with E-state index in [1.807, 2.05) is 36.4 Å². The molecule has 0 heterocycles. The van der Waals surface area contributed by atoms with E-state index in [9.17, 15) is 9.18 Å². The standard InChI is InChI=1S/C20H18FNO2/c1-24-19(16-7-4-8-18(21)12-16)13-22-20(23)17-10-9-14-5-2-3-6-15(14)11-17/h2-12,19H,13H2,1H3,(H,22,23). The van der Waals surface area contributed by atoms with Gasteiger partial charge >= 0.3 is 0 Å². The van der Waals surface area contributed by atoms with E-state index in [-0.39, 0.29) is 18.3 Å². The normalized spacial score (nSPS) is 12.1. The van der Waals surface area contributed by atoms with E-state index >= 15 is 0 Å². The van der Waals surface area contributed by atoms with Gasteiger partial charge < -0.3 is 10.1 Å². The quantitative estimate of drug-likeness (QED) is 0.768. The van der Waals surface area contributed by atoms with E-state index < -0.39 is 6.10 Å². The summed E-state index contributed by atoms with van der Waals surface area (Å²) < 4.78 is 18.7. The molecule has 24 heavy (non-hydrogen) atoms. The van der Waals surface area contributed by atoms with Gasteiger partial charge in [-0.3, -0.25) is 4.79 Å². The average Bonchev–Trinajstić information content (AvgIpc) is 2.61. The van der Waals surface area contributed by atoms with Crippen LogP contribution in [0.25, 0.3) is 10.8 Å². The maximum atomic E-state index is 13.3. The molecule has 1 atom stereocenters. The number of carbonyl (C=O) groups excluding carboxylic acids is 1. The maximum Gasteiger partial charge on any atom is 0.251 e. The van der Waals surface area contributed by atoms with Gasteiger partial charge in [0.15, 0.2) is 0 Å². The van der Waals surface area contributed by atoms with Gasteiger partial charge in [-0.2, -0.15) is 0 Å². The van der Waals surface area contributed by atoms with Gasteiger partial charge in [0.05, 0.1) is 6.10 Å². The van der Waals surface area contributed by atoms with Crippen molar-refractivity contribution in [1.82, 2.24) is 5.32 Å². The number of rotatable bonds is 5. The molecule has 3 rings (SSSR count). The molecule has 3 aromatic carbocycles. The Labute approximate surface area is 140 Å². The zero-order valence-corrected chi connectivity index (χ0v) is 13.3. The highest BCUT2D eigenvalue weighted by atomic mass is 19.1. The van der Waals surface area contributed by atoms with Crippen LogP contribution in [0.4, 0.5) is 4.39 Å². The third kappa shape index (κ3) is 3.60. The fourth-order valence-electron chi connectivity index (χ4n) is 2.66. The number of carbonyl (C=O) groups is 1. The molecule has 0 aromatic heterocycles. The molecule has 1 unspecified atom stereocenters. The summed E-state index contributed by atoms with van der Waals surface area (Å²) in [5.41, 5.74) is 1.28. The summed E-state index contributed by atoms with van der Waals surface area (Å²) in [4.78, 5) is 12.4. The van der Waals surface area contributed by atoms with Crippen LogP contribution in [0.5, 0.6) is 0 Å². The van der Waals surface area contributed by atoms with E-state index in [0.29, 0.717) is 11.1 Å². The number of benzene rings is 3. The number of nitrogens with one attached hydrogen (secondary N) is 1. The number of ether oxygens (including phenoxy) is 1. The van der Waals surface area contributed by atoms with Crippen LogP contribution >= 0.6 is 0 Å². The predicted octanol–water partition coefficient (Wildman–Crippen LogP) is 4.10. The molecule has 4 heteroatoms. The predicted molar refractivity (Wildman–Crippen MR) is 92.4 cm³/mol. The molecular weight excluding hydrogens is 305 g/mol. The van der Waals surface area contributed by atoms with Crippen molar-refractivity contribution < 1.29 is 13.9 Å². The zero-order valence-electron chi connectivity index (χ0n) is 13.3. The van der Waals surface area contributed by atoms with E-state index in [1.54, 1.807) is 18.2 Å². The first-order chi connectivity index (χ1) is 11.7. The lowest BCUT2D eigenvalue weighted by Gasteiger charge is -2.16. The minimum Gasteiger partial charge on any atom is -0.375 e. The SMILES string of the molecule is COC(CNC(=O)c1ccc2ccccc2c1)c1cccc(F)c1. The highest BCUT2D eigenvalue weighted by molar-refractivity contribution is 5.98. The molecular formula is C20H18FNO2. The first-order valence-electron chi connectivity index (χ1n) is 7.72. The van der Waals surface area contributed by atoms with Crippen molar-refractivity contribution in [2.24, 2.45) is 0 Å². The second-order valence-electron chi connectivity index (χ2n) is 5.55. The lowest BCUT2D eigenvalue weighted by Crippen LogP contribution is -2.29. The molecule has 0 radical (unpaired) electrons. The zero-order chi connectivity index (χ0) is 16.9. The molecule has 122 valence electrons. The Kier molecular flexibility index (Phi) is 4.87. The van der Waals surface area contributed by atoms with Crippen molar-refractivity contribution in [3.63, 3.8) is 0 Å². The molecule has 1 N–H and O–H groups in total. The molecule has 0 aliphatic carbocycles. The van der Waals surface area contributed by atoms with Gasteiger partial charge in [0.2, 0.25) is 0 Å². The maximum absolute atomic E-state index is 13.3. The smallest absolute Gasteiger partial charge is 0.251 e. The first-order valence-corrected chi connectivity index (χ1v) is 7.72. The van der Waals surface area contributed by atoms with Crippen LogP contribution in [0.15, 0.2) is 66.7 Å². The monoisotopic (exact) mass is 323 g/mol. The Hall–Kier alpha value is -2.72.